The minimum Gasteiger partial charge on any atom is -0.486 e. The number of aryl methyl sites for hydroxylation is 4. The number of nitrogens with zero attached hydrogens (tertiary/aromatic N) is 3. The van der Waals surface area contributed by atoms with Crippen LogP contribution in [0, 0.1) is 51.2 Å². The molecule has 0 aliphatic carbocycles. The first-order chi connectivity index (χ1) is 25.5. The molecular weight excluding hydrogens is 911 g/mol. The molecule has 0 saturated carbocycles. The van der Waals surface area contributed by atoms with Gasteiger partial charge in [-0.15, -0.1) is 17.7 Å². The fraction of sp³-hybridized carbons (Fsp3) is 0.327. The summed E-state index contributed by atoms with van der Waals surface area (Å²) in [4.78, 5) is 14.3. The van der Waals surface area contributed by atoms with Gasteiger partial charge >= 0.3 is 126 Å². The van der Waals surface area contributed by atoms with Crippen LogP contribution in [0.15, 0.2) is 89.6 Å². The molecule has 0 N–H and O–H groups in total. The summed E-state index contributed by atoms with van der Waals surface area (Å²) in [6.45, 7) is 19.9. The first kappa shape index (κ1) is 42.2. The quantitative estimate of drug-likeness (QED) is 0.118. The molecule has 0 aliphatic rings. The Morgan fingerprint density at radius 2 is 1.53 bits per heavy atom. The number of benzene rings is 3. The summed E-state index contributed by atoms with van der Waals surface area (Å²) in [5, 5.41) is 2.11. The van der Waals surface area contributed by atoms with Crippen molar-refractivity contribution in [2.24, 2.45) is 11.3 Å². The molecule has 4 aromatic heterocycles. The van der Waals surface area contributed by atoms with Crippen LogP contribution in [0.4, 0.5) is 0 Å². The number of rotatable bonds is 7. The van der Waals surface area contributed by atoms with E-state index in [2.05, 4.69) is 151 Å². The molecule has 1 radical (unpaired) electrons. The van der Waals surface area contributed by atoms with Gasteiger partial charge in [0, 0.05) is 37.3 Å². The summed E-state index contributed by atoms with van der Waals surface area (Å²) in [5.41, 5.74) is 15.3. The van der Waals surface area contributed by atoms with E-state index in [1.165, 1.54) is 33.4 Å². The third-order valence-corrected chi connectivity index (χ3v) is 14.1. The molecule has 7 rings (SSSR count). The summed E-state index contributed by atoms with van der Waals surface area (Å²) in [7, 11) is 0. The van der Waals surface area contributed by atoms with Crippen molar-refractivity contribution in [3.05, 3.63) is 131 Å². The fourth-order valence-electron chi connectivity index (χ4n) is 7.59. The van der Waals surface area contributed by atoms with Gasteiger partial charge in [-0.25, -0.2) is 4.98 Å². The number of furan rings is 1. The third kappa shape index (κ3) is 9.92. The van der Waals surface area contributed by atoms with Crippen LogP contribution in [0.25, 0.3) is 55.8 Å². The number of hydrogen-bond acceptors (Lipinski definition) is 4. The second-order valence-electron chi connectivity index (χ2n) is 17.6. The van der Waals surface area contributed by atoms with Crippen LogP contribution >= 0.6 is 0 Å². The third-order valence-electron chi connectivity index (χ3n) is 9.77. The molecule has 0 unspecified atom stereocenters. The topological polar surface area (TPSA) is 51.8 Å². The van der Waals surface area contributed by atoms with Gasteiger partial charge in [-0.2, -0.15) is 0 Å². The monoisotopic (exact) mass is 968 g/mol. The first-order valence-electron chi connectivity index (χ1n) is 19.2. The van der Waals surface area contributed by atoms with E-state index in [-0.39, 0.29) is 25.5 Å². The smallest absolute Gasteiger partial charge is 0.216 e. The van der Waals surface area contributed by atoms with Crippen LogP contribution in [0.2, 0.25) is 17.3 Å². The Kier molecular flexibility index (Phi) is 13.1. The predicted octanol–water partition coefficient (Wildman–Crippen LogP) is 12.6. The maximum Gasteiger partial charge on any atom is 0.216 e. The number of pyridine rings is 3. The number of hydrogen-bond donors (Lipinski definition) is 0. The maximum atomic E-state index is 6.44. The van der Waals surface area contributed by atoms with Crippen molar-refractivity contribution >= 4 is 39.7 Å². The fourth-order valence-corrected chi connectivity index (χ4v) is 10.9. The van der Waals surface area contributed by atoms with Crippen molar-refractivity contribution in [2.75, 3.05) is 0 Å². The van der Waals surface area contributed by atoms with Crippen LogP contribution in [-0.2, 0) is 32.9 Å². The minimum absolute atomic E-state index is 0. The summed E-state index contributed by atoms with van der Waals surface area (Å²) in [6, 6.07) is 32.0. The van der Waals surface area contributed by atoms with E-state index in [1.54, 1.807) is 4.40 Å². The zero-order chi connectivity index (χ0) is 38.9. The SMILES string of the molecule is CC(C)Cc1cc(-c2[c-]cccc2)nc[c]1[Ge]([CH3])([CH3])[CH3].Cc1cc(C)c(-c2ccc3c(n2)oc2c(-c4cc(CC(C)(C)C)ccn4)[c-]cc(C)c23)c(C)c1.[Ir]. The minimum atomic E-state index is -1.86. The molecule has 7 aromatic rings. The van der Waals surface area contributed by atoms with Gasteiger partial charge in [-0.1, -0.05) is 68.0 Å². The van der Waals surface area contributed by atoms with E-state index in [9.17, 15) is 0 Å². The van der Waals surface area contributed by atoms with Crippen molar-refractivity contribution in [3.8, 4) is 33.8 Å². The largest absolute Gasteiger partial charge is 0.486 e. The van der Waals surface area contributed by atoms with Crippen LogP contribution in [0.3, 0.4) is 0 Å². The molecule has 0 bridgehead atoms. The molecule has 0 amide bonds. The van der Waals surface area contributed by atoms with Gasteiger partial charge in [-0.3, -0.25) is 0 Å². The van der Waals surface area contributed by atoms with Gasteiger partial charge in [0.05, 0.1) is 11.3 Å². The van der Waals surface area contributed by atoms with Gasteiger partial charge in [0.2, 0.25) is 5.71 Å². The Balaban J connectivity index is 0.000000237. The average molecular weight is 967 g/mol. The van der Waals surface area contributed by atoms with E-state index in [4.69, 9.17) is 14.4 Å². The van der Waals surface area contributed by atoms with Gasteiger partial charge in [0.25, 0.3) is 0 Å². The summed E-state index contributed by atoms with van der Waals surface area (Å²) in [5.74, 6) is 7.99. The standard InChI is InChI=1S/C31H31N2O.C18H24GeN.Ir/c1-18-14-20(3)27(21(4)15-18)25-11-10-24-28-19(2)8-9-23(29(28)34-30(24)33-25)26-16-22(12-13-32-26)17-31(5,6)7;1-14(2)11-16-12-18(15-9-7-6-8-10-15)20-13-17(16)19(3,4)5;/h8,10-16H,17H2,1-7H3;6-9,12-14H,11H2,1-5H3;/q2*-1;. The van der Waals surface area contributed by atoms with Crippen molar-refractivity contribution in [2.45, 2.75) is 92.4 Å². The van der Waals surface area contributed by atoms with Crippen LogP contribution in [0.5, 0.6) is 0 Å². The van der Waals surface area contributed by atoms with Gasteiger partial charge in [0.1, 0.15) is 0 Å². The molecule has 55 heavy (non-hydrogen) atoms. The summed E-state index contributed by atoms with van der Waals surface area (Å²) >= 11 is -1.86. The van der Waals surface area contributed by atoms with E-state index < -0.39 is 13.3 Å². The Morgan fingerprint density at radius 1 is 0.800 bits per heavy atom. The number of aromatic nitrogens is 3. The second-order valence-corrected chi connectivity index (χ2v) is 28.2. The van der Waals surface area contributed by atoms with Crippen LogP contribution in [-0.4, -0.2) is 28.2 Å². The van der Waals surface area contributed by atoms with Gasteiger partial charge < -0.3 is 9.40 Å². The zero-order valence-corrected chi connectivity index (χ0v) is 39.2. The molecule has 4 nitrogen and oxygen atoms in total. The molecule has 287 valence electrons. The molecule has 0 aliphatic heterocycles. The van der Waals surface area contributed by atoms with Crippen molar-refractivity contribution in [1.82, 2.24) is 15.0 Å². The molecule has 0 atom stereocenters. The maximum absolute atomic E-state index is 6.44. The first-order valence-corrected chi connectivity index (χ1v) is 26.6. The zero-order valence-electron chi connectivity index (χ0n) is 34.7. The molecule has 0 spiro atoms. The van der Waals surface area contributed by atoms with E-state index in [1.807, 2.05) is 30.5 Å². The molecule has 0 saturated heterocycles. The van der Waals surface area contributed by atoms with E-state index in [0.717, 1.165) is 63.0 Å². The molecule has 0 fully saturated rings. The Morgan fingerprint density at radius 3 is 2.16 bits per heavy atom. The average Bonchev–Trinajstić information content (AvgIpc) is 3.47. The molecule has 4 heterocycles. The Bertz CT molecular complexity index is 2410. The van der Waals surface area contributed by atoms with Gasteiger partial charge in [0.15, 0.2) is 0 Å². The van der Waals surface area contributed by atoms with Gasteiger partial charge in [-0.05, 0) is 67.6 Å². The summed E-state index contributed by atoms with van der Waals surface area (Å²) < 4.78 is 7.98. The van der Waals surface area contributed by atoms with E-state index in [0.29, 0.717) is 11.6 Å². The van der Waals surface area contributed by atoms with Crippen LogP contribution in [0.1, 0.15) is 68.0 Å². The van der Waals surface area contributed by atoms with Crippen LogP contribution < -0.4 is 4.40 Å². The summed E-state index contributed by atoms with van der Waals surface area (Å²) in [6.07, 6.45) is 6.14. The molecular formula is C49H55GeIrN3O-2. The van der Waals surface area contributed by atoms with Crippen molar-refractivity contribution in [3.63, 3.8) is 0 Å². The normalized spacial score (nSPS) is 11.8. The van der Waals surface area contributed by atoms with E-state index >= 15 is 0 Å². The predicted molar refractivity (Wildman–Crippen MR) is 231 cm³/mol. The van der Waals surface area contributed by atoms with Crippen molar-refractivity contribution in [1.29, 1.82) is 0 Å². The Labute approximate surface area is 345 Å². The second kappa shape index (κ2) is 17.1. The van der Waals surface area contributed by atoms with Crippen molar-refractivity contribution < 1.29 is 24.5 Å². The molecule has 6 heteroatoms. The Hall–Kier alpha value is -3.90. The molecule has 3 aromatic carbocycles. The number of fused-ring (bicyclic) bond motifs is 3.